The fraction of sp³-hybridized carbons (Fsp3) is 0.474. The largest absolute Gasteiger partial charge is 0.508 e. The highest BCUT2D eigenvalue weighted by atomic mass is 35.5. The first kappa shape index (κ1) is 17.2. The van der Waals surface area contributed by atoms with Gasteiger partial charge in [-0.3, -0.25) is 0 Å². The van der Waals surface area contributed by atoms with Crippen LogP contribution in [0.15, 0.2) is 24.3 Å². The molecule has 1 spiro atoms. The number of halogens is 1. The molecule has 6 heteroatoms. The first-order valence-corrected chi connectivity index (χ1v) is 9.75. The molecule has 1 aromatic heterocycles. The number of thiophene rings is 1. The van der Waals surface area contributed by atoms with Crippen molar-refractivity contribution in [3.05, 3.63) is 44.6 Å². The summed E-state index contributed by atoms with van der Waals surface area (Å²) in [4.78, 5) is 1.27. The van der Waals surface area contributed by atoms with Gasteiger partial charge in [-0.15, -0.1) is 11.3 Å². The Hall–Kier alpha value is -1.27. The summed E-state index contributed by atoms with van der Waals surface area (Å²) in [6.07, 6.45) is 2.66. The third-order valence-electron chi connectivity index (χ3n) is 5.15. The average molecular weight is 380 g/mol. The SMILES string of the molecule is COc1cc(O)cc(C2CC3(CC(C)N2)OCCc2cc(Cl)sc23)c1. The molecular weight excluding hydrogens is 358 g/mol. The summed E-state index contributed by atoms with van der Waals surface area (Å²) in [5.74, 6) is 0.876. The first-order valence-electron chi connectivity index (χ1n) is 8.56. The van der Waals surface area contributed by atoms with Crippen molar-refractivity contribution in [1.29, 1.82) is 0 Å². The summed E-state index contributed by atoms with van der Waals surface area (Å²) >= 11 is 7.95. The van der Waals surface area contributed by atoms with Crippen LogP contribution < -0.4 is 10.1 Å². The van der Waals surface area contributed by atoms with E-state index in [4.69, 9.17) is 21.1 Å². The molecule has 25 heavy (non-hydrogen) atoms. The van der Waals surface area contributed by atoms with Crippen LogP contribution in [-0.2, 0) is 16.8 Å². The zero-order valence-electron chi connectivity index (χ0n) is 14.3. The number of aromatic hydroxyl groups is 1. The number of hydrogen-bond donors (Lipinski definition) is 2. The molecule has 2 N–H and O–H groups in total. The van der Waals surface area contributed by atoms with Gasteiger partial charge < -0.3 is 19.9 Å². The number of phenols is 1. The molecule has 0 aliphatic carbocycles. The molecule has 1 saturated heterocycles. The molecule has 3 heterocycles. The summed E-state index contributed by atoms with van der Waals surface area (Å²) in [6, 6.07) is 7.87. The minimum Gasteiger partial charge on any atom is -0.508 e. The van der Waals surface area contributed by atoms with Crippen molar-refractivity contribution < 1.29 is 14.6 Å². The molecule has 3 atom stereocenters. The van der Waals surface area contributed by atoms with E-state index in [-0.39, 0.29) is 17.4 Å². The van der Waals surface area contributed by atoms with E-state index >= 15 is 0 Å². The molecule has 0 bridgehead atoms. The van der Waals surface area contributed by atoms with Crippen molar-refractivity contribution in [2.45, 2.75) is 43.9 Å². The van der Waals surface area contributed by atoms with Gasteiger partial charge >= 0.3 is 0 Å². The normalized spacial score (nSPS) is 28.8. The van der Waals surface area contributed by atoms with Gasteiger partial charge in [0.25, 0.3) is 0 Å². The predicted octanol–water partition coefficient (Wildman–Crippen LogP) is 4.40. The Morgan fingerprint density at radius 2 is 2.16 bits per heavy atom. The maximum Gasteiger partial charge on any atom is 0.122 e. The number of piperidine rings is 1. The third kappa shape index (κ3) is 3.14. The van der Waals surface area contributed by atoms with Crippen molar-refractivity contribution >= 4 is 22.9 Å². The number of hydrogen-bond acceptors (Lipinski definition) is 5. The highest BCUT2D eigenvalue weighted by Gasteiger charge is 2.46. The lowest BCUT2D eigenvalue weighted by molar-refractivity contribution is -0.0954. The van der Waals surface area contributed by atoms with Crippen LogP contribution in [0, 0.1) is 0 Å². The standard InChI is InChI=1S/C19H22ClNO3S/c1-11-9-19(18-12(3-4-24-19)7-17(20)25-18)10-16(21-11)13-5-14(22)8-15(6-13)23-2/h5-8,11,16,21-22H,3-4,9-10H2,1-2H3. The quantitative estimate of drug-likeness (QED) is 0.812. The molecule has 1 fully saturated rings. The molecule has 2 aromatic rings. The van der Waals surface area contributed by atoms with E-state index < -0.39 is 0 Å². The average Bonchev–Trinajstić information content (AvgIpc) is 2.96. The number of phenolic OH excluding ortho intramolecular Hbond substituents is 1. The summed E-state index contributed by atoms with van der Waals surface area (Å²) < 4.78 is 12.5. The molecule has 3 unspecified atom stereocenters. The molecule has 0 saturated carbocycles. The van der Waals surface area contributed by atoms with Gasteiger partial charge in [0.15, 0.2) is 0 Å². The highest BCUT2D eigenvalue weighted by molar-refractivity contribution is 7.16. The van der Waals surface area contributed by atoms with Gasteiger partial charge in [-0.2, -0.15) is 0 Å². The van der Waals surface area contributed by atoms with Gasteiger partial charge in [0.05, 0.1) is 18.1 Å². The summed E-state index contributed by atoms with van der Waals surface area (Å²) in [6.45, 7) is 2.91. The number of rotatable bonds is 2. The zero-order valence-corrected chi connectivity index (χ0v) is 15.9. The minimum absolute atomic E-state index is 0.0802. The van der Waals surface area contributed by atoms with E-state index in [9.17, 15) is 5.11 Å². The van der Waals surface area contributed by atoms with E-state index in [1.165, 1.54) is 10.4 Å². The number of ether oxygens (including phenoxy) is 2. The second-order valence-electron chi connectivity index (χ2n) is 6.99. The second-order valence-corrected chi connectivity index (χ2v) is 8.67. The summed E-state index contributed by atoms with van der Waals surface area (Å²) in [5.41, 5.74) is 2.03. The Kier molecular flexibility index (Phi) is 4.44. The molecule has 4 rings (SSSR count). The Labute approximate surface area is 156 Å². The number of benzene rings is 1. The van der Waals surface area contributed by atoms with Crippen molar-refractivity contribution in [2.75, 3.05) is 13.7 Å². The van der Waals surface area contributed by atoms with Gasteiger partial charge in [0, 0.05) is 29.4 Å². The van der Waals surface area contributed by atoms with Crippen LogP contribution in [0.2, 0.25) is 4.34 Å². The third-order valence-corrected chi connectivity index (χ3v) is 6.64. The van der Waals surface area contributed by atoms with E-state index in [0.29, 0.717) is 11.8 Å². The van der Waals surface area contributed by atoms with Crippen LogP contribution >= 0.6 is 22.9 Å². The summed E-state index contributed by atoms with van der Waals surface area (Å²) in [5, 5.41) is 13.7. The smallest absolute Gasteiger partial charge is 0.122 e. The van der Waals surface area contributed by atoms with Crippen LogP contribution in [0.1, 0.15) is 41.8 Å². The van der Waals surface area contributed by atoms with Crippen LogP contribution in [0.3, 0.4) is 0 Å². The zero-order chi connectivity index (χ0) is 17.6. The molecule has 134 valence electrons. The van der Waals surface area contributed by atoms with E-state index in [2.05, 4.69) is 18.3 Å². The summed E-state index contributed by atoms with van der Waals surface area (Å²) in [7, 11) is 1.61. The lowest BCUT2D eigenvalue weighted by Gasteiger charge is -2.46. The predicted molar refractivity (Wildman–Crippen MR) is 99.9 cm³/mol. The van der Waals surface area contributed by atoms with Crippen LogP contribution in [0.25, 0.3) is 0 Å². The van der Waals surface area contributed by atoms with Gasteiger partial charge in [-0.25, -0.2) is 0 Å². The monoisotopic (exact) mass is 379 g/mol. The Morgan fingerprint density at radius 3 is 2.96 bits per heavy atom. The van der Waals surface area contributed by atoms with E-state index in [1.54, 1.807) is 30.6 Å². The number of fused-ring (bicyclic) bond motifs is 2. The fourth-order valence-corrected chi connectivity index (χ4v) is 5.66. The topological polar surface area (TPSA) is 50.7 Å². The minimum atomic E-state index is -0.306. The van der Waals surface area contributed by atoms with Crippen LogP contribution in [0.4, 0.5) is 0 Å². The van der Waals surface area contributed by atoms with Crippen molar-refractivity contribution in [3.63, 3.8) is 0 Å². The Morgan fingerprint density at radius 1 is 1.32 bits per heavy atom. The lowest BCUT2D eigenvalue weighted by atomic mass is 9.78. The maximum atomic E-state index is 10.0. The van der Waals surface area contributed by atoms with Crippen LogP contribution in [-0.4, -0.2) is 24.9 Å². The van der Waals surface area contributed by atoms with Crippen molar-refractivity contribution in [3.8, 4) is 11.5 Å². The fourth-order valence-electron chi connectivity index (χ4n) is 4.20. The van der Waals surface area contributed by atoms with Gasteiger partial charge in [-0.05, 0) is 49.1 Å². The highest BCUT2D eigenvalue weighted by Crippen LogP contribution is 2.50. The van der Waals surface area contributed by atoms with Crippen LogP contribution in [0.5, 0.6) is 11.5 Å². The van der Waals surface area contributed by atoms with Gasteiger partial charge in [0.1, 0.15) is 17.1 Å². The molecule has 2 aliphatic heterocycles. The second kappa shape index (κ2) is 6.47. The number of nitrogens with one attached hydrogen (secondary N) is 1. The van der Waals surface area contributed by atoms with E-state index in [1.807, 2.05) is 6.07 Å². The van der Waals surface area contributed by atoms with Gasteiger partial charge in [0.2, 0.25) is 0 Å². The molecular formula is C19H22ClNO3S. The van der Waals surface area contributed by atoms with E-state index in [0.717, 1.165) is 35.8 Å². The molecule has 0 radical (unpaired) electrons. The lowest BCUT2D eigenvalue weighted by Crippen LogP contribution is -2.49. The molecule has 2 aliphatic rings. The van der Waals surface area contributed by atoms with Gasteiger partial charge in [-0.1, -0.05) is 11.6 Å². The molecule has 1 aromatic carbocycles. The Balaban J connectivity index is 1.72. The molecule has 0 amide bonds. The first-order chi connectivity index (χ1) is 12.0. The maximum absolute atomic E-state index is 10.0. The van der Waals surface area contributed by atoms with Crippen molar-refractivity contribution in [2.24, 2.45) is 0 Å². The Bertz CT molecular complexity index is 793. The van der Waals surface area contributed by atoms with Crippen molar-refractivity contribution in [1.82, 2.24) is 5.32 Å². The number of methoxy groups -OCH3 is 1. The molecule has 4 nitrogen and oxygen atoms in total.